The van der Waals surface area contributed by atoms with Gasteiger partial charge in [0.1, 0.15) is 16.8 Å². The van der Waals surface area contributed by atoms with Crippen LogP contribution in [0.3, 0.4) is 0 Å². The number of esters is 1. The molecule has 21 heavy (non-hydrogen) atoms. The molecule has 1 fully saturated rings. The van der Waals surface area contributed by atoms with Crippen LogP contribution in [0.15, 0.2) is 23.1 Å². The third-order valence-corrected chi connectivity index (χ3v) is 5.52. The number of halogens is 1. The van der Waals surface area contributed by atoms with Crippen LogP contribution < -0.4 is 0 Å². The van der Waals surface area contributed by atoms with Crippen LogP contribution in [-0.4, -0.2) is 38.4 Å². The number of nitrogens with zero attached hydrogens (tertiary/aromatic N) is 1. The fourth-order valence-corrected chi connectivity index (χ4v) is 4.30. The Balaban J connectivity index is 2.45. The summed E-state index contributed by atoms with van der Waals surface area (Å²) < 4.78 is 45.0. The van der Waals surface area contributed by atoms with Crippen molar-refractivity contribution in [3.63, 3.8) is 0 Å². The molecule has 0 bridgehead atoms. The van der Waals surface area contributed by atoms with Gasteiger partial charge in [-0.15, -0.1) is 0 Å². The number of rotatable bonds is 3. The Kier molecular flexibility index (Phi) is 4.63. The maximum Gasteiger partial charge on any atom is 0.324 e. The van der Waals surface area contributed by atoms with Crippen molar-refractivity contribution in [2.24, 2.45) is 0 Å². The second-order valence-electron chi connectivity index (χ2n) is 5.08. The van der Waals surface area contributed by atoms with Gasteiger partial charge in [0.25, 0.3) is 0 Å². The van der Waals surface area contributed by atoms with Gasteiger partial charge in [-0.1, -0.05) is 6.07 Å². The first kappa shape index (κ1) is 15.9. The van der Waals surface area contributed by atoms with Crippen LogP contribution in [0, 0.1) is 12.7 Å². The van der Waals surface area contributed by atoms with E-state index in [1.165, 1.54) is 19.2 Å². The van der Waals surface area contributed by atoms with Crippen molar-refractivity contribution in [1.29, 1.82) is 0 Å². The molecular formula is C14H18FNO4S. The normalized spacial score (nSPS) is 20.2. The Morgan fingerprint density at radius 3 is 2.76 bits per heavy atom. The maximum absolute atomic E-state index is 13.9. The van der Waals surface area contributed by atoms with Gasteiger partial charge in [0.15, 0.2) is 0 Å². The van der Waals surface area contributed by atoms with Gasteiger partial charge in [0.2, 0.25) is 10.0 Å². The van der Waals surface area contributed by atoms with Gasteiger partial charge < -0.3 is 4.74 Å². The lowest BCUT2D eigenvalue weighted by molar-refractivity contribution is -0.146. The fourth-order valence-electron chi connectivity index (χ4n) is 2.50. The van der Waals surface area contributed by atoms with Gasteiger partial charge >= 0.3 is 5.97 Å². The quantitative estimate of drug-likeness (QED) is 0.799. The number of piperidine rings is 1. The zero-order chi connectivity index (χ0) is 15.6. The van der Waals surface area contributed by atoms with Crippen molar-refractivity contribution in [3.05, 3.63) is 29.6 Å². The Morgan fingerprint density at radius 1 is 1.38 bits per heavy atom. The zero-order valence-corrected chi connectivity index (χ0v) is 12.8. The van der Waals surface area contributed by atoms with E-state index in [1.807, 2.05) is 0 Å². The van der Waals surface area contributed by atoms with Gasteiger partial charge in [-0.05, 0) is 43.9 Å². The van der Waals surface area contributed by atoms with E-state index in [4.69, 9.17) is 0 Å². The Hall–Kier alpha value is -1.47. The minimum Gasteiger partial charge on any atom is -0.468 e. The van der Waals surface area contributed by atoms with E-state index in [-0.39, 0.29) is 6.54 Å². The molecule has 7 heteroatoms. The van der Waals surface area contributed by atoms with Crippen molar-refractivity contribution in [1.82, 2.24) is 4.31 Å². The van der Waals surface area contributed by atoms with Gasteiger partial charge in [0, 0.05) is 6.54 Å². The minimum absolute atomic E-state index is 0.190. The third-order valence-electron chi connectivity index (χ3n) is 3.60. The van der Waals surface area contributed by atoms with Crippen LogP contribution in [0.5, 0.6) is 0 Å². The average molecular weight is 315 g/mol. The van der Waals surface area contributed by atoms with E-state index >= 15 is 0 Å². The average Bonchev–Trinajstić information content (AvgIpc) is 2.48. The highest BCUT2D eigenvalue weighted by atomic mass is 32.2. The molecule has 1 aliphatic heterocycles. The third kappa shape index (κ3) is 3.08. The Morgan fingerprint density at radius 2 is 2.10 bits per heavy atom. The molecule has 1 aliphatic rings. The molecule has 1 atom stereocenters. The van der Waals surface area contributed by atoms with Crippen LogP contribution in [0.4, 0.5) is 4.39 Å². The summed E-state index contributed by atoms with van der Waals surface area (Å²) in [5.74, 6) is -1.42. The summed E-state index contributed by atoms with van der Waals surface area (Å²) in [6.07, 6.45) is 1.77. The minimum atomic E-state index is -4.06. The highest BCUT2D eigenvalue weighted by Gasteiger charge is 2.39. The van der Waals surface area contributed by atoms with E-state index in [9.17, 15) is 17.6 Å². The highest BCUT2D eigenvalue weighted by molar-refractivity contribution is 7.89. The molecule has 116 valence electrons. The van der Waals surface area contributed by atoms with Crippen LogP contribution in [0.2, 0.25) is 0 Å². The fraction of sp³-hybridized carbons (Fsp3) is 0.500. The van der Waals surface area contributed by atoms with E-state index < -0.39 is 32.7 Å². The first-order chi connectivity index (χ1) is 9.87. The number of sulfonamides is 1. The summed E-state index contributed by atoms with van der Waals surface area (Å²) in [5.41, 5.74) is 0.640. The largest absolute Gasteiger partial charge is 0.468 e. The van der Waals surface area contributed by atoms with E-state index in [0.717, 1.165) is 16.8 Å². The second-order valence-corrected chi connectivity index (χ2v) is 6.94. The lowest BCUT2D eigenvalue weighted by Gasteiger charge is -2.32. The number of aryl methyl sites for hydroxylation is 1. The molecule has 1 aromatic carbocycles. The van der Waals surface area contributed by atoms with Crippen LogP contribution >= 0.6 is 0 Å². The molecule has 0 aliphatic carbocycles. The highest BCUT2D eigenvalue weighted by Crippen LogP contribution is 2.28. The standard InChI is InChI=1S/C14H18FNO4S/c1-10-6-7-11(15)13(9-10)21(18,19)16-8-4-3-5-12(16)14(17)20-2/h6-7,9,12H,3-5,8H2,1-2H3/t12-/m0/s1. The topological polar surface area (TPSA) is 63.7 Å². The summed E-state index contributed by atoms with van der Waals surface area (Å²) in [6.45, 7) is 1.88. The van der Waals surface area contributed by atoms with E-state index in [1.54, 1.807) is 6.92 Å². The maximum atomic E-state index is 13.9. The lowest BCUT2D eigenvalue weighted by Crippen LogP contribution is -2.48. The molecule has 0 spiro atoms. The number of hydrogen-bond donors (Lipinski definition) is 0. The van der Waals surface area contributed by atoms with E-state index in [0.29, 0.717) is 18.4 Å². The molecular weight excluding hydrogens is 297 g/mol. The molecule has 5 nitrogen and oxygen atoms in total. The Bertz CT molecular complexity index is 644. The zero-order valence-electron chi connectivity index (χ0n) is 12.0. The number of carbonyl (C=O) groups excluding carboxylic acids is 1. The number of carbonyl (C=O) groups is 1. The van der Waals surface area contributed by atoms with Gasteiger partial charge in [-0.3, -0.25) is 4.79 Å². The monoisotopic (exact) mass is 315 g/mol. The molecule has 1 heterocycles. The Labute approximate surface area is 123 Å². The number of methoxy groups -OCH3 is 1. The second kappa shape index (κ2) is 6.11. The van der Waals surface area contributed by atoms with E-state index in [2.05, 4.69) is 4.74 Å². The summed E-state index contributed by atoms with van der Waals surface area (Å²) in [7, 11) is -2.84. The molecule has 0 amide bonds. The molecule has 0 saturated carbocycles. The van der Waals surface area contributed by atoms with Gasteiger partial charge in [0.05, 0.1) is 7.11 Å². The van der Waals surface area contributed by atoms with Gasteiger partial charge in [-0.2, -0.15) is 4.31 Å². The molecule has 0 aromatic heterocycles. The number of benzene rings is 1. The van der Waals surface area contributed by atoms with Crippen molar-refractivity contribution in [3.8, 4) is 0 Å². The summed E-state index contributed by atoms with van der Waals surface area (Å²) in [4.78, 5) is 11.4. The molecule has 1 aromatic rings. The SMILES string of the molecule is COC(=O)[C@@H]1CCCCN1S(=O)(=O)c1cc(C)ccc1F. The lowest BCUT2D eigenvalue weighted by atomic mass is 10.1. The molecule has 0 radical (unpaired) electrons. The molecule has 1 saturated heterocycles. The predicted molar refractivity (Wildman–Crippen MR) is 74.7 cm³/mol. The summed E-state index contributed by atoms with van der Waals surface area (Å²) >= 11 is 0. The first-order valence-corrected chi connectivity index (χ1v) is 8.17. The van der Waals surface area contributed by atoms with Crippen LogP contribution in [0.1, 0.15) is 24.8 Å². The van der Waals surface area contributed by atoms with Crippen molar-refractivity contribution < 1.29 is 22.3 Å². The van der Waals surface area contributed by atoms with Crippen molar-refractivity contribution in [2.45, 2.75) is 37.1 Å². The van der Waals surface area contributed by atoms with Crippen molar-refractivity contribution in [2.75, 3.05) is 13.7 Å². The number of hydrogen-bond acceptors (Lipinski definition) is 4. The number of ether oxygens (including phenoxy) is 1. The summed E-state index contributed by atoms with van der Waals surface area (Å²) in [5, 5.41) is 0. The van der Waals surface area contributed by atoms with Crippen LogP contribution in [-0.2, 0) is 19.6 Å². The molecule has 2 rings (SSSR count). The first-order valence-electron chi connectivity index (χ1n) is 6.73. The van der Waals surface area contributed by atoms with Gasteiger partial charge in [-0.25, -0.2) is 12.8 Å². The molecule has 0 unspecified atom stereocenters. The van der Waals surface area contributed by atoms with Crippen molar-refractivity contribution >= 4 is 16.0 Å². The summed E-state index contributed by atoms with van der Waals surface area (Å²) in [6, 6.07) is 3.03. The molecule has 0 N–H and O–H groups in total. The van der Waals surface area contributed by atoms with Crippen LogP contribution in [0.25, 0.3) is 0 Å². The predicted octanol–water partition coefficient (Wildman–Crippen LogP) is 1.85. The smallest absolute Gasteiger partial charge is 0.324 e.